The Labute approximate surface area is 141 Å². The van der Waals surface area contributed by atoms with Crippen LogP contribution in [0.25, 0.3) is 0 Å². The average Bonchev–Trinajstić information content (AvgIpc) is 3.36. The summed E-state index contributed by atoms with van der Waals surface area (Å²) in [6.07, 6.45) is 13.2. The number of hydrogen-bond donors (Lipinski definition) is 0. The van der Waals surface area contributed by atoms with Crippen molar-refractivity contribution in [2.75, 3.05) is 6.61 Å². The molecule has 1 aromatic carbocycles. The lowest BCUT2D eigenvalue weighted by molar-refractivity contribution is 0.0425. The summed E-state index contributed by atoms with van der Waals surface area (Å²) >= 11 is 0. The van der Waals surface area contributed by atoms with Crippen LogP contribution in [0.1, 0.15) is 64.7 Å². The number of para-hydroxylation sites is 1. The van der Waals surface area contributed by atoms with Crippen molar-refractivity contribution in [3.8, 4) is 5.75 Å². The normalized spacial score (nSPS) is 19.1. The van der Waals surface area contributed by atoms with E-state index >= 15 is 0 Å². The van der Waals surface area contributed by atoms with Crippen LogP contribution < -0.4 is 4.74 Å². The van der Waals surface area contributed by atoms with Crippen LogP contribution in [0.15, 0.2) is 43.0 Å². The van der Waals surface area contributed by atoms with Gasteiger partial charge in [0.2, 0.25) is 0 Å². The average molecular weight is 316 g/mol. The molecule has 128 valence electrons. The van der Waals surface area contributed by atoms with Crippen LogP contribution in [0.2, 0.25) is 0 Å². The minimum atomic E-state index is -0.158. The molecule has 0 aromatic heterocycles. The fourth-order valence-electron chi connectivity index (χ4n) is 3.25. The molecule has 0 radical (unpaired) electrons. The van der Waals surface area contributed by atoms with Gasteiger partial charge in [0, 0.05) is 12.8 Å². The van der Waals surface area contributed by atoms with Gasteiger partial charge in [0.1, 0.15) is 11.4 Å². The molecule has 1 aliphatic rings. The van der Waals surface area contributed by atoms with Gasteiger partial charge in [-0.05, 0) is 25.0 Å². The van der Waals surface area contributed by atoms with Gasteiger partial charge in [0.25, 0.3) is 0 Å². The van der Waals surface area contributed by atoms with Gasteiger partial charge < -0.3 is 9.47 Å². The summed E-state index contributed by atoms with van der Waals surface area (Å²) in [4.78, 5) is 0. The summed E-state index contributed by atoms with van der Waals surface area (Å²) in [5.74, 6) is 0.959. The highest BCUT2D eigenvalue weighted by Crippen LogP contribution is 2.35. The third kappa shape index (κ3) is 6.78. The number of hydrogen-bond acceptors (Lipinski definition) is 2. The molecule has 1 fully saturated rings. The van der Waals surface area contributed by atoms with Crippen molar-refractivity contribution in [2.45, 2.75) is 76.4 Å². The van der Waals surface area contributed by atoms with Gasteiger partial charge >= 0.3 is 0 Å². The third-order valence-electron chi connectivity index (χ3n) is 4.58. The largest absolute Gasteiger partial charge is 0.487 e. The van der Waals surface area contributed by atoms with E-state index < -0.39 is 0 Å². The smallest absolute Gasteiger partial charge is 0.120 e. The van der Waals surface area contributed by atoms with E-state index in [1.54, 1.807) is 0 Å². The molecule has 0 aliphatic carbocycles. The zero-order valence-corrected chi connectivity index (χ0v) is 14.6. The van der Waals surface area contributed by atoms with E-state index in [1.165, 1.54) is 38.5 Å². The molecule has 0 saturated carbocycles. The van der Waals surface area contributed by atoms with Crippen molar-refractivity contribution < 1.29 is 9.47 Å². The third-order valence-corrected chi connectivity index (χ3v) is 4.58. The highest BCUT2D eigenvalue weighted by atomic mass is 16.6. The van der Waals surface area contributed by atoms with Crippen molar-refractivity contribution in [3.63, 3.8) is 0 Å². The molecule has 2 unspecified atom stereocenters. The van der Waals surface area contributed by atoms with Gasteiger partial charge in [-0.2, -0.15) is 0 Å². The summed E-state index contributed by atoms with van der Waals surface area (Å²) in [5.41, 5.74) is -0.158. The van der Waals surface area contributed by atoms with E-state index in [1.807, 2.05) is 36.4 Å². The highest BCUT2D eigenvalue weighted by Gasteiger charge is 2.38. The van der Waals surface area contributed by atoms with Crippen LogP contribution in [-0.4, -0.2) is 18.3 Å². The van der Waals surface area contributed by atoms with Gasteiger partial charge in [-0.15, -0.1) is 6.58 Å². The van der Waals surface area contributed by atoms with E-state index in [9.17, 15) is 0 Å². The highest BCUT2D eigenvalue weighted by molar-refractivity contribution is 5.22. The second-order valence-electron chi connectivity index (χ2n) is 6.77. The number of benzene rings is 1. The second-order valence-corrected chi connectivity index (χ2v) is 6.77. The number of epoxide rings is 1. The Balaban J connectivity index is 1.92. The molecule has 1 heterocycles. The lowest BCUT2D eigenvalue weighted by Gasteiger charge is -2.34. The minimum absolute atomic E-state index is 0.158. The Morgan fingerprint density at radius 2 is 1.87 bits per heavy atom. The quantitative estimate of drug-likeness (QED) is 0.256. The summed E-state index contributed by atoms with van der Waals surface area (Å²) in [5, 5.41) is 0. The molecule has 0 spiro atoms. The van der Waals surface area contributed by atoms with Crippen LogP contribution in [0.3, 0.4) is 0 Å². The van der Waals surface area contributed by atoms with E-state index in [0.717, 1.165) is 31.6 Å². The molecule has 1 saturated heterocycles. The summed E-state index contributed by atoms with van der Waals surface area (Å²) in [7, 11) is 0. The van der Waals surface area contributed by atoms with Gasteiger partial charge in [0.15, 0.2) is 0 Å². The fraction of sp³-hybridized carbons (Fsp3) is 0.619. The van der Waals surface area contributed by atoms with E-state index in [4.69, 9.17) is 9.47 Å². The summed E-state index contributed by atoms with van der Waals surface area (Å²) in [6.45, 7) is 7.11. The van der Waals surface area contributed by atoms with Crippen molar-refractivity contribution >= 4 is 0 Å². The van der Waals surface area contributed by atoms with Gasteiger partial charge in [0.05, 0.1) is 12.7 Å². The Kier molecular flexibility index (Phi) is 7.67. The monoisotopic (exact) mass is 316 g/mol. The number of rotatable bonds is 13. The predicted octanol–water partition coefficient (Wildman–Crippen LogP) is 5.92. The maximum absolute atomic E-state index is 6.47. The predicted molar refractivity (Wildman–Crippen MR) is 97.0 cm³/mol. The molecule has 2 atom stereocenters. The SMILES string of the molecule is C=CCC(CCCCCCCC)(CC1CO1)Oc1ccccc1. The molecular formula is C21H32O2. The van der Waals surface area contributed by atoms with E-state index in [0.29, 0.717) is 6.10 Å². The van der Waals surface area contributed by atoms with E-state index in [-0.39, 0.29) is 5.60 Å². The zero-order chi connectivity index (χ0) is 16.4. The first kappa shape index (κ1) is 18.1. The van der Waals surface area contributed by atoms with E-state index in [2.05, 4.69) is 13.5 Å². The van der Waals surface area contributed by atoms with Crippen LogP contribution in [0.4, 0.5) is 0 Å². The first-order valence-corrected chi connectivity index (χ1v) is 9.24. The maximum Gasteiger partial charge on any atom is 0.120 e. The minimum Gasteiger partial charge on any atom is -0.487 e. The lowest BCUT2D eigenvalue weighted by Crippen LogP contribution is -2.37. The van der Waals surface area contributed by atoms with Crippen LogP contribution in [0.5, 0.6) is 5.75 Å². The van der Waals surface area contributed by atoms with Crippen LogP contribution >= 0.6 is 0 Å². The molecule has 2 heteroatoms. The molecule has 23 heavy (non-hydrogen) atoms. The Morgan fingerprint density at radius 1 is 1.17 bits per heavy atom. The molecule has 0 N–H and O–H groups in total. The zero-order valence-electron chi connectivity index (χ0n) is 14.6. The van der Waals surface area contributed by atoms with Crippen molar-refractivity contribution in [1.29, 1.82) is 0 Å². The number of ether oxygens (including phenoxy) is 2. The summed E-state index contributed by atoms with van der Waals surface area (Å²) < 4.78 is 12.0. The summed E-state index contributed by atoms with van der Waals surface area (Å²) in [6, 6.07) is 10.2. The first-order valence-electron chi connectivity index (χ1n) is 9.24. The van der Waals surface area contributed by atoms with Crippen LogP contribution in [0, 0.1) is 0 Å². The Bertz CT molecular complexity index is 438. The Morgan fingerprint density at radius 3 is 2.52 bits per heavy atom. The standard InChI is InChI=1S/C21H32O2/c1-3-5-6-7-8-12-16-21(15-4-2,17-20-18-22-20)23-19-13-10-9-11-14-19/h4,9-11,13-14,20H,2-3,5-8,12,15-18H2,1H3. The molecule has 1 aromatic rings. The van der Waals surface area contributed by atoms with Crippen molar-refractivity contribution in [1.82, 2.24) is 0 Å². The molecule has 2 rings (SSSR count). The van der Waals surface area contributed by atoms with Gasteiger partial charge in [-0.3, -0.25) is 0 Å². The maximum atomic E-state index is 6.47. The Hall–Kier alpha value is -1.28. The van der Waals surface area contributed by atoms with Crippen molar-refractivity contribution in [3.05, 3.63) is 43.0 Å². The molecular weight excluding hydrogens is 284 g/mol. The van der Waals surface area contributed by atoms with Gasteiger partial charge in [-0.1, -0.05) is 63.3 Å². The second kappa shape index (κ2) is 9.77. The first-order chi connectivity index (χ1) is 11.3. The number of unbranched alkanes of at least 4 members (excludes halogenated alkanes) is 5. The fourth-order valence-corrected chi connectivity index (χ4v) is 3.25. The molecule has 0 bridgehead atoms. The molecule has 2 nitrogen and oxygen atoms in total. The lowest BCUT2D eigenvalue weighted by atomic mass is 9.87. The molecule has 0 amide bonds. The van der Waals surface area contributed by atoms with Crippen molar-refractivity contribution in [2.24, 2.45) is 0 Å². The van der Waals surface area contributed by atoms with Gasteiger partial charge in [-0.25, -0.2) is 0 Å². The van der Waals surface area contributed by atoms with Crippen LogP contribution in [-0.2, 0) is 4.74 Å². The molecule has 1 aliphatic heterocycles. The topological polar surface area (TPSA) is 21.8 Å².